The third-order valence-electron chi connectivity index (χ3n) is 2.69. The zero-order chi connectivity index (χ0) is 15.6. The zero-order valence-electron chi connectivity index (χ0n) is 12.5. The lowest BCUT2D eigenvalue weighted by Gasteiger charge is -2.21. The molecule has 0 bridgehead atoms. The first-order chi connectivity index (χ1) is 9.76. The van der Waals surface area contributed by atoms with Gasteiger partial charge in [-0.1, -0.05) is 23.7 Å². The van der Waals surface area contributed by atoms with E-state index < -0.39 is 17.7 Å². The molecule has 0 spiro atoms. The van der Waals surface area contributed by atoms with Crippen molar-refractivity contribution in [2.45, 2.75) is 39.3 Å². The van der Waals surface area contributed by atoms with Gasteiger partial charge in [0.25, 0.3) is 0 Å². The van der Waals surface area contributed by atoms with Crippen LogP contribution in [0.25, 0.3) is 10.9 Å². The van der Waals surface area contributed by atoms with Crippen molar-refractivity contribution in [2.24, 2.45) is 0 Å². The van der Waals surface area contributed by atoms with E-state index in [1.807, 2.05) is 24.3 Å². The molecule has 2 rings (SSSR count). The first kappa shape index (κ1) is 15.5. The van der Waals surface area contributed by atoms with Crippen LogP contribution >= 0.6 is 11.6 Å². The van der Waals surface area contributed by atoms with Crippen LogP contribution in [0, 0.1) is 0 Å². The fourth-order valence-corrected chi connectivity index (χ4v) is 2.04. The van der Waals surface area contributed by atoms with Gasteiger partial charge >= 0.3 is 6.09 Å². The average molecular weight is 308 g/mol. The van der Waals surface area contributed by atoms with Gasteiger partial charge in [-0.25, -0.2) is 14.8 Å². The fraction of sp³-hybridized carbons (Fsp3) is 0.400. The maximum absolute atomic E-state index is 11.8. The molecule has 0 saturated heterocycles. The van der Waals surface area contributed by atoms with Gasteiger partial charge in [0.05, 0.1) is 11.6 Å². The summed E-state index contributed by atoms with van der Waals surface area (Å²) in [6, 6.07) is 7.06. The number of amides is 1. The summed E-state index contributed by atoms with van der Waals surface area (Å²) in [6.45, 7) is 7.20. The number of nitrogens with one attached hydrogen (secondary N) is 1. The summed E-state index contributed by atoms with van der Waals surface area (Å²) in [5, 5.41) is 3.85. The minimum Gasteiger partial charge on any atom is -0.444 e. The Bertz CT molecular complexity index is 668. The second kappa shape index (κ2) is 5.85. The molecule has 1 aromatic carbocycles. The van der Waals surface area contributed by atoms with E-state index in [0.29, 0.717) is 11.0 Å². The van der Waals surface area contributed by atoms with Gasteiger partial charge in [0.15, 0.2) is 5.82 Å². The number of fused-ring (bicyclic) bond motifs is 1. The smallest absolute Gasteiger partial charge is 0.408 e. The summed E-state index contributed by atoms with van der Waals surface area (Å²) in [5.74, 6) is 0.449. The lowest BCUT2D eigenvalue weighted by atomic mass is 10.2. The summed E-state index contributed by atoms with van der Waals surface area (Å²) in [6.07, 6.45) is -0.511. The summed E-state index contributed by atoms with van der Waals surface area (Å²) >= 11 is 6.15. The Hall–Kier alpha value is -1.88. The largest absolute Gasteiger partial charge is 0.444 e. The van der Waals surface area contributed by atoms with E-state index in [1.165, 1.54) is 0 Å². The second-order valence-electron chi connectivity index (χ2n) is 5.76. The molecule has 2 aromatic rings. The van der Waals surface area contributed by atoms with Crippen molar-refractivity contribution in [3.63, 3.8) is 0 Å². The lowest BCUT2D eigenvalue weighted by Crippen LogP contribution is -2.34. The molecule has 5 nitrogen and oxygen atoms in total. The number of alkyl carbamates (subject to hydrolysis) is 1. The standard InChI is InChI=1S/C15H18ClN3O2/c1-9(17-14(20)21-15(2,3)4)13-18-11-8-6-5-7-10(11)12(16)19-13/h5-9H,1-4H3,(H,17,20)/t9-/m0/s1. The van der Waals surface area contributed by atoms with Crippen LogP contribution in [0.3, 0.4) is 0 Å². The Morgan fingerprint density at radius 1 is 1.29 bits per heavy atom. The first-order valence-corrected chi connectivity index (χ1v) is 7.06. The molecule has 0 aliphatic heterocycles. The quantitative estimate of drug-likeness (QED) is 0.855. The van der Waals surface area contributed by atoms with Crippen molar-refractivity contribution in [1.29, 1.82) is 0 Å². The minimum absolute atomic E-state index is 0.369. The van der Waals surface area contributed by atoms with Crippen molar-refractivity contribution in [2.75, 3.05) is 0 Å². The van der Waals surface area contributed by atoms with E-state index in [2.05, 4.69) is 15.3 Å². The summed E-state index contributed by atoms with van der Waals surface area (Å²) < 4.78 is 5.21. The van der Waals surface area contributed by atoms with Crippen LogP contribution in [-0.4, -0.2) is 21.7 Å². The molecule has 1 amide bonds. The van der Waals surface area contributed by atoms with Crippen molar-refractivity contribution in [3.8, 4) is 0 Å². The molecule has 0 unspecified atom stereocenters. The van der Waals surface area contributed by atoms with Gasteiger partial charge in [-0.3, -0.25) is 0 Å². The minimum atomic E-state index is -0.550. The highest BCUT2D eigenvalue weighted by molar-refractivity contribution is 6.34. The number of hydrogen-bond acceptors (Lipinski definition) is 4. The van der Waals surface area contributed by atoms with Gasteiger partial charge in [0, 0.05) is 5.39 Å². The highest BCUT2D eigenvalue weighted by Crippen LogP contribution is 2.22. The second-order valence-corrected chi connectivity index (χ2v) is 6.12. The number of carbonyl (C=O) groups is 1. The predicted octanol–water partition coefficient (Wildman–Crippen LogP) is 3.87. The van der Waals surface area contributed by atoms with Crippen molar-refractivity contribution >= 4 is 28.6 Å². The van der Waals surface area contributed by atoms with Crippen molar-refractivity contribution < 1.29 is 9.53 Å². The normalized spacial score (nSPS) is 13.0. The molecule has 1 heterocycles. The molecule has 1 atom stereocenters. The molecule has 0 saturated carbocycles. The van der Waals surface area contributed by atoms with Gasteiger partial charge in [-0.15, -0.1) is 0 Å². The number of rotatable bonds is 2. The third kappa shape index (κ3) is 4.04. The van der Waals surface area contributed by atoms with Crippen molar-refractivity contribution in [3.05, 3.63) is 35.2 Å². The number of ether oxygens (including phenoxy) is 1. The Kier molecular flexibility index (Phi) is 4.32. The number of halogens is 1. The van der Waals surface area contributed by atoms with E-state index in [4.69, 9.17) is 16.3 Å². The number of nitrogens with zero attached hydrogens (tertiary/aromatic N) is 2. The van der Waals surface area contributed by atoms with Gasteiger partial charge in [0.1, 0.15) is 10.8 Å². The Balaban J connectivity index is 2.20. The van der Waals surface area contributed by atoms with Crippen LogP contribution in [0.5, 0.6) is 0 Å². The monoisotopic (exact) mass is 307 g/mol. The van der Waals surface area contributed by atoms with E-state index in [9.17, 15) is 4.79 Å². The number of carbonyl (C=O) groups excluding carboxylic acids is 1. The Labute approximate surface area is 128 Å². The predicted molar refractivity (Wildman–Crippen MR) is 82.3 cm³/mol. The lowest BCUT2D eigenvalue weighted by molar-refractivity contribution is 0.0506. The molecule has 21 heavy (non-hydrogen) atoms. The Morgan fingerprint density at radius 2 is 1.95 bits per heavy atom. The van der Waals surface area contributed by atoms with Gasteiger partial charge in [0.2, 0.25) is 0 Å². The number of aromatic nitrogens is 2. The summed E-state index contributed by atoms with van der Waals surface area (Å²) in [4.78, 5) is 20.4. The van der Waals surface area contributed by atoms with Crippen LogP contribution in [0.2, 0.25) is 5.15 Å². The molecule has 0 aliphatic rings. The topological polar surface area (TPSA) is 64.1 Å². The number of benzene rings is 1. The maximum Gasteiger partial charge on any atom is 0.408 e. The molecular weight excluding hydrogens is 290 g/mol. The van der Waals surface area contributed by atoms with E-state index in [0.717, 1.165) is 10.9 Å². The van der Waals surface area contributed by atoms with Crippen molar-refractivity contribution in [1.82, 2.24) is 15.3 Å². The van der Waals surface area contributed by atoms with E-state index in [-0.39, 0.29) is 0 Å². The number of para-hydroxylation sites is 1. The van der Waals surface area contributed by atoms with Gasteiger partial charge < -0.3 is 10.1 Å². The Morgan fingerprint density at radius 3 is 2.62 bits per heavy atom. The molecule has 1 N–H and O–H groups in total. The molecule has 0 radical (unpaired) electrons. The van der Waals surface area contributed by atoms with Crippen LogP contribution in [0.4, 0.5) is 4.79 Å². The first-order valence-electron chi connectivity index (χ1n) is 6.68. The van der Waals surface area contributed by atoms with Gasteiger partial charge in [-0.2, -0.15) is 0 Å². The van der Waals surface area contributed by atoms with E-state index >= 15 is 0 Å². The van der Waals surface area contributed by atoms with Gasteiger partial charge in [-0.05, 0) is 39.8 Å². The summed E-state index contributed by atoms with van der Waals surface area (Å²) in [7, 11) is 0. The maximum atomic E-state index is 11.8. The van der Waals surface area contributed by atoms with Crippen LogP contribution < -0.4 is 5.32 Å². The zero-order valence-corrected chi connectivity index (χ0v) is 13.2. The van der Waals surface area contributed by atoms with Crippen LogP contribution in [0.15, 0.2) is 24.3 Å². The molecule has 1 aromatic heterocycles. The third-order valence-corrected chi connectivity index (χ3v) is 2.98. The number of hydrogen-bond donors (Lipinski definition) is 1. The van der Waals surface area contributed by atoms with Crippen LogP contribution in [-0.2, 0) is 4.74 Å². The molecular formula is C15H18ClN3O2. The molecule has 0 aliphatic carbocycles. The highest BCUT2D eigenvalue weighted by Gasteiger charge is 2.20. The van der Waals surface area contributed by atoms with E-state index in [1.54, 1.807) is 27.7 Å². The summed E-state index contributed by atoms with van der Waals surface area (Å²) in [5.41, 5.74) is 0.191. The average Bonchev–Trinajstić information content (AvgIpc) is 2.36. The highest BCUT2D eigenvalue weighted by atomic mass is 35.5. The fourth-order valence-electron chi connectivity index (χ4n) is 1.80. The van der Waals surface area contributed by atoms with Crippen LogP contribution in [0.1, 0.15) is 39.6 Å². The molecule has 112 valence electrons. The SMILES string of the molecule is C[C@H](NC(=O)OC(C)(C)C)c1nc(Cl)c2ccccc2n1. The molecule has 0 fully saturated rings. The molecule has 6 heteroatoms.